The lowest BCUT2D eigenvalue weighted by Crippen LogP contribution is -2.28. The van der Waals surface area contributed by atoms with E-state index in [0.29, 0.717) is 0 Å². The molecule has 0 saturated heterocycles. The maximum atomic E-state index is 10.1. The van der Waals surface area contributed by atoms with Crippen LogP contribution in [0.2, 0.25) is 0 Å². The van der Waals surface area contributed by atoms with E-state index in [-0.39, 0.29) is 0 Å². The first-order valence-corrected chi connectivity index (χ1v) is 3.59. The first-order valence-electron chi connectivity index (χ1n) is 2.03. The number of halogens is 1. The number of hydrogen-bond acceptors (Lipinski definition) is 3. The van der Waals surface area contributed by atoms with Crippen LogP contribution in [0, 0.1) is 0 Å². The van der Waals surface area contributed by atoms with Gasteiger partial charge in [0.05, 0.1) is 3.81 Å². The van der Waals surface area contributed by atoms with Gasteiger partial charge in [0.2, 0.25) is 0 Å². The Balaban J connectivity index is 2.47. The Morgan fingerprint density at radius 1 is 2.00 bits per heavy atom. The number of hydrazine groups is 1. The van der Waals surface area contributed by atoms with Crippen molar-refractivity contribution >= 4 is 34.0 Å². The molecular formula is C3H3BrN2O2S. The van der Waals surface area contributed by atoms with E-state index < -0.39 is 6.09 Å². The third kappa shape index (κ3) is 1.52. The van der Waals surface area contributed by atoms with Gasteiger partial charge in [-0.25, -0.2) is 4.79 Å². The number of carboxylic acid groups (broad SMARTS) is 1. The van der Waals surface area contributed by atoms with Crippen molar-refractivity contribution in [3.8, 4) is 0 Å². The van der Waals surface area contributed by atoms with Gasteiger partial charge in [-0.2, -0.15) is 4.41 Å². The summed E-state index contributed by atoms with van der Waals surface area (Å²) in [5.41, 5.74) is 2.49. The summed E-state index contributed by atoms with van der Waals surface area (Å²) >= 11 is 4.18. The van der Waals surface area contributed by atoms with E-state index in [4.69, 9.17) is 5.11 Å². The van der Waals surface area contributed by atoms with E-state index in [1.807, 2.05) is 0 Å². The Bertz CT molecular complexity index is 171. The number of nitrogens with zero attached hydrogens (tertiary/aromatic N) is 1. The summed E-state index contributed by atoms with van der Waals surface area (Å²) in [7, 11) is 0. The molecule has 6 heteroatoms. The summed E-state index contributed by atoms with van der Waals surface area (Å²) in [5, 5.41) is 8.32. The quantitative estimate of drug-likeness (QED) is 0.593. The minimum Gasteiger partial charge on any atom is -0.463 e. The van der Waals surface area contributed by atoms with Crippen molar-refractivity contribution in [3.05, 3.63) is 10.0 Å². The van der Waals surface area contributed by atoms with Crippen molar-refractivity contribution in [3.63, 3.8) is 0 Å². The van der Waals surface area contributed by atoms with E-state index >= 15 is 0 Å². The number of carbonyl (C=O) groups is 1. The van der Waals surface area contributed by atoms with Crippen LogP contribution in [0.15, 0.2) is 10.0 Å². The third-order valence-corrected chi connectivity index (χ3v) is 2.05. The molecule has 1 aliphatic rings. The zero-order valence-corrected chi connectivity index (χ0v) is 6.57. The molecule has 1 rings (SSSR count). The van der Waals surface area contributed by atoms with Crippen LogP contribution in [0.1, 0.15) is 0 Å². The van der Waals surface area contributed by atoms with Crippen LogP contribution in [-0.2, 0) is 0 Å². The maximum Gasteiger partial charge on any atom is 0.437 e. The van der Waals surface area contributed by atoms with Crippen molar-refractivity contribution in [1.82, 2.24) is 9.84 Å². The van der Waals surface area contributed by atoms with E-state index in [1.165, 1.54) is 0 Å². The molecule has 4 nitrogen and oxygen atoms in total. The van der Waals surface area contributed by atoms with E-state index in [0.717, 1.165) is 20.2 Å². The fraction of sp³-hybridized carbons (Fsp3) is 0. The van der Waals surface area contributed by atoms with Crippen LogP contribution >= 0.6 is 27.9 Å². The smallest absolute Gasteiger partial charge is 0.437 e. The molecule has 9 heavy (non-hydrogen) atoms. The van der Waals surface area contributed by atoms with Crippen LogP contribution in [0.25, 0.3) is 0 Å². The summed E-state index contributed by atoms with van der Waals surface area (Å²) in [4.78, 5) is 10.1. The summed E-state index contributed by atoms with van der Waals surface area (Å²) in [6.07, 6.45) is 0.546. The van der Waals surface area contributed by atoms with Crippen molar-refractivity contribution in [2.45, 2.75) is 0 Å². The molecule has 0 bridgehead atoms. The molecule has 1 amide bonds. The second kappa shape index (κ2) is 2.49. The highest BCUT2D eigenvalue weighted by Crippen LogP contribution is 2.28. The van der Waals surface area contributed by atoms with Gasteiger partial charge in [-0.1, -0.05) is 0 Å². The second-order valence-electron chi connectivity index (χ2n) is 1.25. The highest BCUT2D eigenvalue weighted by molar-refractivity contribution is 9.14. The zero-order chi connectivity index (χ0) is 6.85. The van der Waals surface area contributed by atoms with Gasteiger partial charge in [-0.3, -0.25) is 5.43 Å². The molecule has 0 atom stereocenters. The highest BCUT2D eigenvalue weighted by Gasteiger charge is 2.17. The molecular weight excluding hydrogens is 208 g/mol. The predicted molar refractivity (Wildman–Crippen MR) is 37.6 cm³/mol. The number of hydrogen-bond donors (Lipinski definition) is 2. The first kappa shape index (κ1) is 6.76. The number of nitrogens with one attached hydrogen (secondary N) is 1. The Morgan fingerprint density at radius 3 is 2.89 bits per heavy atom. The minimum atomic E-state index is -1.01. The summed E-state index contributed by atoms with van der Waals surface area (Å²) in [6, 6.07) is 0. The van der Waals surface area contributed by atoms with Crippen LogP contribution in [-0.4, -0.2) is 15.6 Å². The van der Waals surface area contributed by atoms with Gasteiger partial charge in [-0.15, -0.1) is 0 Å². The molecule has 0 aliphatic carbocycles. The molecule has 0 spiro atoms. The average molecular weight is 211 g/mol. The van der Waals surface area contributed by atoms with Gasteiger partial charge < -0.3 is 5.11 Å². The Hall–Kier alpha value is -0.360. The molecule has 0 radical (unpaired) electrons. The second-order valence-corrected chi connectivity index (χ2v) is 3.61. The molecule has 50 valence electrons. The number of rotatable bonds is 0. The fourth-order valence-electron chi connectivity index (χ4n) is 0.344. The molecule has 0 aromatic carbocycles. The molecule has 1 aliphatic heterocycles. The standard InChI is InChI=1S/C3H3BrN2O2S/c4-2-1-5-6(9-2)3(7)8/h1,5H,(H,7,8). The van der Waals surface area contributed by atoms with Crippen LogP contribution in [0.3, 0.4) is 0 Å². The lowest BCUT2D eigenvalue weighted by atomic mass is 11.0. The number of amides is 1. The zero-order valence-electron chi connectivity index (χ0n) is 4.17. The Labute approximate surface area is 64.1 Å². The van der Waals surface area contributed by atoms with Gasteiger partial charge in [0.15, 0.2) is 0 Å². The molecule has 0 unspecified atom stereocenters. The van der Waals surface area contributed by atoms with Gasteiger partial charge in [0.25, 0.3) is 0 Å². The maximum absolute atomic E-state index is 10.1. The van der Waals surface area contributed by atoms with E-state index in [1.54, 1.807) is 6.20 Å². The van der Waals surface area contributed by atoms with Gasteiger partial charge in [-0.05, 0) is 15.9 Å². The summed E-state index contributed by atoms with van der Waals surface area (Å²) < 4.78 is 1.74. The Kier molecular flexibility index (Phi) is 1.87. The molecule has 0 fully saturated rings. The van der Waals surface area contributed by atoms with Gasteiger partial charge in [0, 0.05) is 18.1 Å². The van der Waals surface area contributed by atoms with Crippen molar-refractivity contribution in [1.29, 1.82) is 0 Å². The normalized spacial score (nSPS) is 17.0. The summed E-state index contributed by atoms with van der Waals surface area (Å²) in [5.74, 6) is 0. The lowest BCUT2D eigenvalue weighted by Gasteiger charge is -2.07. The minimum absolute atomic E-state index is 0.755. The molecule has 1 heterocycles. The van der Waals surface area contributed by atoms with E-state index in [9.17, 15) is 4.79 Å². The van der Waals surface area contributed by atoms with E-state index in [2.05, 4.69) is 21.4 Å². The van der Waals surface area contributed by atoms with Crippen molar-refractivity contribution in [2.75, 3.05) is 0 Å². The lowest BCUT2D eigenvalue weighted by molar-refractivity contribution is 0.169. The highest BCUT2D eigenvalue weighted by atomic mass is 79.9. The van der Waals surface area contributed by atoms with Gasteiger partial charge in [0.1, 0.15) is 0 Å². The topological polar surface area (TPSA) is 52.6 Å². The van der Waals surface area contributed by atoms with Crippen molar-refractivity contribution < 1.29 is 9.90 Å². The predicted octanol–water partition coefficient (Wildman–Crippen LogP) is 1.33. The fourth-order valence-corrected chi connectivity index (χ4v) is 1.34. The van der Waals surface area contributed by atoms with Crippen LogP contribution < -0.4 is 5.43 Å². The first-order chi connectivity index (χ1) is 4.20. The molecule has 2 N–H and O–H groups in total. The molecule has 0 aromatic heterocycles. The monoisotopic (exact) mass is 210 g/mol. The van der Waals surface area contributed by atoms with Crippen LogP contribution in [0.4, 0.5) is 4.79 Å². The Morgan fingerprint density at radius 2 is 2.67 bits per heavy atom. The largest absolute Gasteiger partial charge is 0.463 e. The summed E-state index contributed by atoms with van der Waals surface area (Å²) in [6.45, 7) is 0. The molecule has 0 aromatic rings. The average Bonchev–Trinajstić information content (AvgIpc) is 2.14. The van der Waals surface area contributed by atoms with Crippen molar-refractivity contribution in [2.24, 2.45) is 0 Å². The molecule has 0 saturated carbocycles. The SMILES string of the molecule is O=C(O)N1NC=C(Br)S1. The van der Waals surface area contributed by atoms with Crippen LogP contribution in [0.5, 0.6) is 0 Å². The van der Waals surface area contributed by atoms with Gasteiger partial charge >= 0.3 is 6.09 Å². The third-order valence-electron chi connectivity index (χ3n) is 0.648.